The first-order valence-corrected chi connectivity index (χ1v) is 5.94. The summed E-state index contributed by atoms with van der Waals surface area (Å²) in [4.78, 5) is 8.70. The van der Waals surface area contributed by atoms with Gasteiger partial charge in [-0.1, -0.05) is 12.1 Å². The Morgan fingerprint density at radius 1 is 0.737 bits per heavy atom. The van der Waals surface area contributed by atoms with Gasteiger partial charge in [-0.25, -0.2) is 9.97 Å². The highest BCUT2D eigenvalue weighted by Crippen LogP contribution is 2.21. The van der Waals surface area contributed by atoms with Crippen molar-refractivity contribution in [2.75, 3.05) is 0 Å². The highest BCUT2D eigenvalue weighted by atomic mass is 16.4. The average molecular weight is 252 g/mol. The van der Waals surface area contributed by atoms with Gasteiger partial charge >= 0.3 is 0 Å². The van der Waals surface area contributed by atoms with Gasteiger partial charge in [-0.2, -0.15) is 0 Å². The average Bonchev–Trinajstić information content (AvgIpc) is 2.88. The lowest BCUT2D eigenvalue weighted by Crippen LogP contribution is -1.85. The van der Waals surface area contributed by atoms with E-state index in [0.717, 1.165) is 11.4 Å². The molecule has 3 aromatic rings. The van der Waals surface area contributed by atoms with Crippen LogP contribution in [0.5, 0.6) is 0 Å². The van der Waals surface area contributed by atoms with Crippen molar-refractivity contribution in [3.63, 3.8) is 0 Å². The third-order valence-electron chi connectivity index (χ3n) is 2.64. The first-order chi connectivity index (χ1) is 9.22. The molecule has 0 aliphatic heterocycles. The van der Waals surface area contributed by atoms with Crippen LogP contribution in [0.15, 0.2) is 40.8 Å². The summed E-state index contributed by atoms with van der Waals surface area (Å²) >= 11 is 0. The Morgan fingerprint density at radius 3 is 1.63 bits per heavy atom. The normalized spacial score (nSPS) is 10.6. The van der Waals surface area contributed by atoms with Crippen molar-refractivity contribution in [3.05, 3.63) is 47.8 Å². The van der Waals surface area contributed by atoms with Gasteiger partial charge in [0.05, 0.1) is 0 Å². The van der Waals surface area contributed by atoms with E-state index in [2.05, 4.69) is 20.2 Å². The van der Waals surface area contributed by atoms with Crippen LogP contribution in [0.3, 0.4) is 0 Å². The van der Waals surface area contributed by atoms with Crippen LogP contribution in [0, 0.1) is 13.8 Å². The Hall–Kier alpha value is -2.56. The molecule has 0 saturated heterocycles. The summed E-state index contributed by atoms with van der Waals surface area (Å²) in [6, 6.07) is 11.3. The Labute approximate surface area is 110 Å². The van der Waals surface area contributed by atoms with E-state index in [9.17, 15) is 0 Å². The van der Waals surface area contributed by atoms with Gasteiger partial charge in [0.2, 0.25) is 0 Å². The predicted molar refractivity (Wildman–Crippen MR) is 70.2 cm³/mol. The maximum absolute atomic E-state index is 5.62. The smallest absolute Gasteiger partial charge is 0.266 e. The SMILES string of the molecule is Cc1cccc(-c2nnc(-c3cccc(C)n3)o2)n1. The molecule has 0 aliphatic carbocycles. The third-order valence-corrected chi connectivity index (χ3v) is 2.64. The van der Waals surface area contributed by atoms with Crippen LogP contribution in [0.2, 0.25) is 0 Å². The summed E-state index contributed by atoms with van der Waals surface area (Å²) in [7, 11) is 0. The quantitative estimate of drug-likeness (QED) is 0.701. The highest BCUT2D eigenvalue weighted by Gasteiger charge is 2.12. The van der Waals surface area contributed by atoms with Crippen molar-refractivity contribution in [2.24, 2.45) is 0 Å². The molecule has 5 heteroatoms. The van der Waals surface area contributed by atoms with Crippen LogP contribution in [-0.4, -0.2) is 20.2 Å². The Morgan fingerprint density at radius 2 is 1.21 bits per heavy atom. The Kier molecular flexibility index (Phi) is 2.79. The Bertz CT molecular complexity index is 661. The summed E-state index contributed by atoms with van der Waals surface area (Å²) in [5, 5.41) is 8.03. The number of nitrogens with zero attached hydrogens (tertiary/aromatic N) is 4. The van der Waals surface area contributed by atoms with E-state index in [1.54, 1.807) is 0 Å². The fourth-order valence-electron chi connectivity index (χ4n) is 1.75. The van der Waals surface area contributed by atoms with Crippen LogP contribution in [0.1, 0.15) is 11.4 Å². The number of aromatic nitrogens is 4. The maximum Gasteiger partial charge on any atom is 0.266 e. The molecule has 94 valence electrons. The maximum atomic E-state index is 5.62. The molecule has 19 heavy (non-hydrogen) atoms. The van der Waals surface area contributed by atoms with Crippen LogP contribution < -0.4 is 0 Å². The topological polar surface area (TPSA) is 64.7 Å². The van der Waals surface area contributed by atoms with Gasteiger partial charge in [-0.15, -0.1) is 10.2 Å². The first-order valence-electron chi connectivity index (χ1n) is 5.94. The minimum Gasteiger partial charge on any atom is -0.413 e. The molecular formula is C14H12N4O. The van der Waals surface area contributed by atoms with Crippen LogP contribution in [0.25, 0.3) is 23.2 Å². The molecule has 3 rings (SSSR count). The summed E-state index contributed by atoms with van der Waals surface area (Å²) in [6.45, 7) is 3.84. The molecule has 0 atom stereocenters. The number of aryl methyl sites for hydroxylation is 2. The van der Waals surface area contributed by atoms with E-state index in [-0.39, 0.29) is 0 Å². The second-order valence-corrected chi connectivity index (χ2v) is 4.24. The monoisotopic (exact) mass is 252 g/mol. The van der Waals surface area contributed by atoms with Crippen molar-refractivity contribution in [2.45, 2.75) is 13.8 Å². The zero-order valence-electron chi connectivity index (χ0n) is 10.7. The molecule has 0 aromatic carbocycles. The molecular weight excluding hydrogens is 240 g/mol. The van der Waals surface area contributed by atoms with Gasteiger partial charge < -0.3 is 4.42 Å². The fraction of sp³-hybridized carbons (Fsp3) is 0.143. The van der Waals surface area contributed by atoms with E-state index in [1.165, 1.54) is 0 Å². The molecule has 0 unspecified atom stereocenters. The molecule has 3 aromatic heterocycles. The summed E-state index contributed by atoms with van der Waals surface area (Å²) < 4.78 is 5.62. The van der Waals surface area contributed by atoms with Gasteiger partial charge in [-0.3, -0.25) is 0 Å². The summed E-state index contributed by atoms with van der Waals surface area (Å²) in [5.41, 5.74) is 3.16. The number of hydrogen-bond donors (Lipinski definition) is 0. The van der Waals surface area contributed by atoms with Crippen LogP contribution in [-0.2, 0) is 0 Å². The second-order valence-electron chi connectivity index (χ2n) is 4.24. The first kappa shape index (κ1) is 11.5. The molecule has 3 heterocycles. The van der Waals surface area contributed by atoms with Gasteiger partial charge in [-0.05, 0) is 38.1 Å². The van der Waals surface area contributed by atoms with Crippen molar-refractivity contribution >= 4 is 0 Å². The largest absolute Gasteiger partial charge is 0.413 e. The van der Waals surface area contributed by atoms with Gasteiger partial charge in [0, 0.05) is 11.4 Å². The van der Waals surface area contributed by atoms with E-state index < -0.39 is 0 Å². The van der Waals surface area contributed by atoms with Crippen LogP contribution in [0.4, 0.5) is 0 Å². The lowest BCUT2D eigenvalue weighted by Gasteiger charge is -1.96. The molecule has 0 radical (unpaired) electrons. The minimum atomic E-state index is 0.405. The molecule has 0 bridgehead atoms. The number of hydrogen-bond acceptors (Lipinski definition) is 5. The van der Waals surface area contributed by atoms with E-state index in [4.69, 9.17) is 4.42 Å². The summed E-state index contributed by atoms with van der Waals surface area (Å²) in [5.74, 6) is 0.809. The van der Waals surface area contributed by atoms with E-state index in [0.29, 0.717) is 23.2 Å². The van der Waals surface area contributed by atoms with E-state index >= 15 is 0 Å². The molecule has 0 aliphatic rings. The predicted octanol–water partition coefficient (Wildman–Crippen LogP) is 2.81. The van der Waals surface area contributed by atoms with Crippen molar-refractivity contribution in [1.82, 2.24) is 20.2 Å². The number of pyridine rings is 2. The highest BCUT2D eigenvalue weighted by molar-refractivity contribution is 5.52. The van der Waals surface area contributed by atoms with Crippen molar-refractivity contribution < 1.29 is 4.42 Å². The van der Waals surface area contributed by atoms with E-state index in [1.807, 2.05) is 50.2 Å². The molecule has 5 nitrogen and oxygen atoms in total. The third kappa shape index (κ3) is 2.35. The second kappa shape index (κ2) is 4.61. The fourth-order valence-corrected chi connectivity index (χ4v) is 1.75. The van der Waals surface area contributed by atoms with Gasteiger partial charge in [0.15, 0.2) is 0 Å². The molecule has 0 spiro atoms. The molecule has 0 amide bonds. The van der Waals surface area contributed by atoms with Gasteiger partial charge in [0.25, 0.3) is 11.8 Å². The molecule has 0 N–H and O–H groups in total. The zero-order valence-corrected chi connectivity index (χ0v) is 10.7. The van der Waals surface area contributed by atoms with Crippen molar-refractivity contribution in [3.8, 4) is 23.2 Å². The number of rotatable bonds is 2. The summed E-state index contributed by atoms with van der Waals surface area (Å²) in [6.07, 6.45) is 0. The lowest BCUT2D eigenvalue weighted by molar-refractivity contribution is 0.579. The van der Waals surface area contributed by atoms with Crippen molar-refractivity contribution in [1.29, 1.82) is 0 Å². The minimum absolute atomic E-state index is 0.405. The molecule has 0 fully saturated rings. The molecule has 0 saturated carbocycles. The van der Waals surface area contributed by atoms with Crippen LogP contribution >= 0.6 is 0 Å². The Balaban J connectivity index is 2.00. The standard InChI is InChI=1S/C14H12N4O/c1-9-5-3-7-11(15-9)13-17-18-14(19-13)12-8-4-6-10(2)16-12/h3-8H,1-2H3. The zero-order chi connectivity index (χ0) is 13.2. The van der Waals surface area contributed by atoms with Gasteiger partial charge in [0.1, 0.15) is 11.4 Å². The lowest BCUT2D eigenvalue weighted by atomic mass is 10.3.